The highest BCUT2D eigenvalue weighted by atomic mass is 32.2. The van der Waals surface area contributed by atoms with E-state index in [0.717, 1.165) is 38.3 Å². The number of amides is 1. The average molecular weight is 423 g/mol. The van der Waals surface area contributed by atoms with E-state index in [4.69, 9.17) is 19.4 Å². The second-order valence-electron chi connectivity index (χ2n) is 9.23. The lowest BCUT2D eigenvalue weighted by atomic mass is 9.90. The molecule has 3 atom stereocenters. The van der Waals surface area contributed by atoms with Gasteiger partial charge < -0.3 is 14.4 Å². The van der Waals surface area contributed by atoms with Crippen molar-refractivity contribution in [2.24, 2.45) is 22.9 Å². The molecular formula is C21H34N4O3S. The van der Waals surface area contributed by atoms with Gasteiger partial charge in [-0.25, -0.2) is 9.78 Å². The van der Waals surface area contributed by atoms with E-state index >= 15 is 0 Å². The van der Waals surface area contributed by atoms with Gasteiger partial charge in [0.05, 0.1) is 6.61 Å². The summed E-state index contributed by atoms with van der Waals surface area (Å²) in [5, 5.41) is 5.72. The number of carbonyl (C=O) groups excluding carboxylic acids is 1. The minimum absolute atomic E-state index is 0.187. The maximum atomic E-state index is 12.2. The van der Waals surface area contributed by atoms with Crippen LogP contribution in [0.1, 0.15) is 46.5 Å². The van der Waals surface area contributed by atoms with Crippen molar-refractivity contribution >= 4 is 21.6 Å². The summed E-state index contributed by atoms with van der Waals surface area (Å²) in [6.07, 6.45) is 5.81. The number of carbonyl (C=O) groups is 1. The van der Waals surface area contributed by atoms with Crippen molar-refractivity contribution in [3.05, 3.63) is 18.3 Å². The molecule has 2 aliphatic rings. The Hall–Kier alpha value is -1.80. The molecule has 0 spiro atoms. The van der Waals surface area contributed by atoms with E-state index in [1.165, 1.54) is 6.42 Å². The summed E-state index contributed by atoms with van der Waals surface area (Å²) in [5.74, 6) is 6.40. The summed E-state index contributed by atoms with van der Waals surface area (Å²) in [7, 11) is -2.23. The maximum Gasteiger partial charge on any atom is 0.410 e. The van der Waals surface area contributed by atoms with E-state index in [1.54, 1.807) is 18.3 Å². The molecule has 0 bridgehead atoms. The van der Waals surface area contributed by atoms with Crippen LogP contribution >= 0.6 is 0 Å². The zero-order chi connectivity index (χ0) is 21.2. The van der Waals surface area contributed by atoms with E-state index < -0.39 is 15.2 Å². The average Bonchev–Trinajstić information content (AvgIpc) is 3.40. The molecule has 8 heteroatoms. The largest absolute Gasteiger partial charge is 0.478 e. The van der Waals surface area contributed by atoms with Crippen LogP contribution in [0, 0.1) is 22.5 Å². The van der Waals surface area contributed by atoms with E-state index in [9.17, 15) is 4.79 Å². The molecule has 162 valence electrons. The standard InChI is InChI=1S/C21H34N4O3S/c1-21(2,3)28-20(26)25-10-7-15(8-11-25)18-13-16(18)9-12-27-19-6-5-17(14-24-19)29(4,22)23/h5-6,14-16,18H,4,7-13H2,1-3H3,(H3,22,23). The fourth-order valence-electron chi connectivity index (χ4n) is 4.00. The van der Waals surface area contributed by atoms with Gasteiger partial charge in [0.2, 0.25) is 5.88 Å². The molecule has 1 aliphatic heterocycles. The van der Waals surface area contributed by atoms with Crippen LogP contribution < -0.4 is 9.88 Å². The van der Waals surface area contributed by atoms with Crippen LogP contribution in [-0.2, 0) is 14.3 Å². The lowest BCUT2D eigenvalue weighted by molar-refractivity contribution is 0.0174. The second-order valence-corrected chi connectivity index (χ2v) is 11.3. The Labute approximate surface area is 174 Å². The summed E-state index contributed by atoms with van der Waals surface area (Å²) in [6, 6.07) is 3.54. The van der Waals surface area contributed by atoms with E-state index in [2.05, 4.69) is 10.9 Å². The number of hydrogen-bond acceptors (Lipinski definition) is 5. The minimum atomic E-state index is -2.23. The molecule has 3 rings (SSSR count). The van der Waals surface area contributed by atoms with E-state index in [0.29, 0.717) is 29.2 Å². The smallest absolute Gasteiger partial charge is 0.410 e. The van der Waals surface area contributed by atoms with Gasteiger partial charge in [-0.3, -0.25) is 9.92 Å². The van der Waals surface area contributed by atoms with Crippen LogP contribution in [0.5, 0.6) is 5.88 Å². The molecule has 1 aromatic rings. The summed E-state index contributed by atoms with van der Waals surface area (Å²) >= 11 is 0. The quantitative estimate of drug-likeness (QED) is 0.681. The molecule has 1 saturated heterocycles. The van der Waals surface area contributed by atoms with E-state index in [1.807, 2.05) is 25.7 Å². The first-order valence-corrected chi connectivity index (χ1v) is 12.1. The van der Waals surface area contributed by atoms with Crippen molar-refractivity contribution in [1.82, 2.24) is 9.88 Å². The first kappa shape index (κ1) is 21.9. The van der Waals surface area contributed by atoms with Gasteiger partial charge in [0, 0.05) is 30.2 Å². The molecule has 3 N–H and O–H groups in total. The Morgan fingerprint density at radius 3 is 2.62 bits per heavy atom. The van der Waals surface area contributed by atoms with Gasteiger partial charge in [0.15, 0.2) is 0 Å². The van der Waals surface area contributed by atoms with Crippen LogP contribution in [0.2, 0.25) is 0 Å². The highest BCUT2D eigenvalue weighted by Gasteiger charge is 2.43. The Kier molecular flexibility index (Phi) is 6.43. The number of nitrogens with one attached hydrogen (secondary N) is 1. The zero-order valence-electron chi connectivity index (χ0n) is 17.7. The lowest BCUT2D eigenvalue weighted by Crippen LogP contribution is -2.42. The van der Waals surface area contributed by atoms with Gasteiger partial charge in [-0.05, 0) is 76.1 Å². The maximum absolute atomic E-state index is 12.2. The molecule has 2 heterocycles. The first-order valence-electron chi connectivity index (χ1n) is 10.3. The summed E-state index contributed by atoms with van der Waals surface area (Å²) in [5.41, 5.74) is -0.437. The molecule has 2 fully saturated rings. The van der Waals surface area contributed by atoms with E-state index in [-0.39, 0.29) is 6.09 Å². The molecule has 1 aromatic heterocycles. The van der Waals surface area contributed by atoms with Gasteiger partial charge in [-0.2, -0.15) is 0 Å². The predicted octanol–water partition coefficient (Wildman–Crippen LogP) is 3.71. The SMILES string of the molecule is C=S(=N)(N)c1ccc(OCCC2CC2C2CCN(C(=O)OC(C)(C)C)CC2)nc1. The monoisotopic (exact) mass is 422 g/mol. The van der Waals surface area contributed by atoms with Gasteiger partial charge in [0.1, 0.15) is 5.60 Å². The molecule has 0 aromatic carbocycles. The Morgan fingerprint density at radius 1 is 1.38 bits per heavy atom. The number of piperidine rings is 1. The third-order valence-corrected chi connectivity index (χ3v) is 6.73. The van der Waals surface area contributed by atoms with Crippen LogP contribution in [0.15, 0.2) is 23.2 Å². The third-order valence-electron chi connectivity index (χ3n) is 5.64. The highest BCUT2D eigenvalue weighted by Crippen LogP contribution is 2.49. The first-order chi connectivity index (χ1) is 13.5. The van der Waals surface area contributed by atoms with Gasteiger partial charge in [-0.1, -0.05) is 9.60 Å². The highest BCUT2D eigenvalue weighted by molar-refractivity contribution is 7.99. The Morgan fingerprint density at radius 2 is 2.07 bits per heavy atom. The summed E-state index contributed by atoms with van der Waals surface area (Å²) in [6.45, 7) is 7.95. The molecule has 29 heavy (non-hydrogen) atoms. The number of aromatic nitrogens is 1. The molecule has 7 nitrogen and oxygen atoms in total. The van der Waals surface area contributed by atoms with Crippen LogP contribution in [-0.4, -0.2) is 47.1 Å². The van der Waals surface area contributed by atoms with Crippen LogP contribution in [0.4, 0.5) is 4.79 Å². The molecule has 3 unspecified atom stereocenters. The van der Waals surface area contributed by atoms with Gasteiger partial charge in [0.25, 0.3) is 0 Å². The topological polar surface area (TPSA) is 102 Å². The number of nitrogens with zero attached hydrogens (tertiary/aromatic N) is 2. The van der Waals surface area contributed by atoms with Crippen molar-refractivity contribution in [2.75, 3.05) is 19.7 Å². The molecule has 1 aliphatic carbocycles. The zero-order valence-corrected chi connectivity index (χ0v) is 18.5. The van der Waals surface area contributed by atoms with Crippen LogP contribution in [0.3, 0.4) is 0 Å². The second kappa shape index (κ2) is 8.52. The van der Waals surface area contributed by atoms with Gasteiger partial charge in [-0.15, -0.1) is 0 Å². The van der Waals surface area contributed by atoms with Crippen molar-refractivity contribution in [2.45, 2.75) is 57.0 Å². The summed E-state index contributed by atoms with van der Waals surface area (Å²) < 4.78 is 19.0. The van der Waals surface area contributed by atoms with Crippen molar-refractivity contribution in [1.29, 1.82) is 4.78 Å². The van der Waals surface area contributed by atoms with Crippen molar-refractivity contribution in [3.8, 4) is 5.88 Å². The number of pyridine rings is 1. The Balaban J connectivity index is 1.35. The Bertz CT molecular complexity index is 809. The number of ether oxygens (including phenoxy) is 2. The third kappa shape index (κ3) is 6.34. The van der Waals surface area contributed by atoms with Crippen molar-refractivity contribution in [3.63, 3.8) is 0 Å². The van der Waals surface area contributed by atoms with Crippen molar-refractivity contribution < 1.29 is 14.3 Å². The molecular weight excluding hydrogens is 388 g/mol. The van der Waals surface area contributed by atoms with Gasteiger partial charge >= 0.3 is 6.09 Å². The fourth-order valence-corrected chi connectivity index (χ4v) is 4.55. The molecule has 0 radical (unpaired) electrons. The normalized spacial score (nSPS) is 24.6. The number of hydrogen-bond donors (Lipinski definition) is 2. The fraction of sp³-hybridized carbons (Fsp3) is 0.667. The number of rotatable bonds is 6. The lowest BCUT2D eigenvalue weighted by Gasteiger charge is -2.33. The number of nitrogens with two attached hydrogens (primary N) is 1. The molecule has 1 amide bonds. The minimum Gasteiger partial charge on any atom is -0.478 e. The van der Waals surface area contributed by atoms with Crippen LogP contribution in [0.25, 0.3) is 0 Å². The summed E-state index contributed by atoms with van der Waals surface area (Å²) in [4.78, 5) is 18.9. The number of likely N-dealkylation sites (tertiary alicyclic amines) is 1. The molecule has 1 saturated carbocycles. The predicted molar refractivity (Wildman–Crippen MR) is 116 cm³/mol.